The van der Waals surface area contributed by atoms with Gasteiger partial charge < -0.3 is 15.1 Å². The van der Waals surface area contributed by atoms with Gasteiger partial charge in [-0.3, -0.25) is 4.79 Å². The van der Waals surface area contributed by atoms with Gasteiger partial charge in [0.15, 0.2) is 0 Å². The van der Waals surface area contributed by atoms with Crippen LogP contribution in [0.15, 0.2) is 29.4 Å². The minimum Gasteiger partial charge on any atom is -0.382 e. The minimum atomic E-state index is -0.530. The monoisotopic (exact) mass is 321 g/mol. The summed E-state index contributed by atoms with van der Waals surface area (Å²) in [6.45, 7) is 1.99. The van der Waals surface area contributed by atoms with Crippen LogP contribution in [0.1, 0.15) is 24.8 Å². The number of piperidine rings is 1. The summed E-state index contributed by atoms with van der Waals surface area (Å²) < 4.78 is 0. The quantitative estimate of drug-likeness (QED) is 0.927. The number of hydrogen-bond acceptors (Lipinski definition) is 4. The van der Waals surface area contributed by atoms with Crippen LogP contribution >= 0.6 is 11.6 Å². The van der Waals surface area contributed by atoms with Crippen LogP contribution in [0.4, 0.5) is 0 Å². The molecule has 1 saturated heterocycles. The second-order valence-electron chi connectivity index (χ2n) is 5.95. The molecule has 1 amide bonds. The van der Waals surface area contributed by atoms with Gasteiger partial charge in [-0.05, 0) is 44.1 Å². The summed E-state index contributed by atoms with van der Waals surface area (Å²) in [6, 6.07) is 7.60. The predicted molar refractivity (Wildman–Crippen MR) is 86.1 cm³/mol. The number of halogens is 1. The number of likely N-dealkylation sites (N-methyl/N-ethyl adjacent to an activating group) is 1. The fourth-order valence-corrected chi connectivity index (χ4v) is 3.04. The lowest BCUT2D eigenvalue weighted by atomic mass is 10.0. The Kier molecular flexibility index (Phi) is 4.64. The molecule has 0 aliphatic carbocycles. The molecular formula is C16H20ClN3O2. The zero-order chi connectivity index (χ0) is 15.5. The SMILES string of the molecule is CN1CCCC(NC(=O)C2CC(c3ccc(Cl)cc3)=NO2)C1. The van der Waals surface area contributed by atoms with E-state index in [2.05, 4.69) is 22.4 Å². The summed E-state index contributed by atoms with van der Waals surface area (Å²) in [5.41, 5.74) is 1.73. The topological polar surface area (TPSA) is 53.9 Å². The molecule has 1 N–H and O–H groups in total. The van der Waals surface area contributed by atoms with Crippen LogP contribution in [0.5, 0.6) is 0 Å². The summed E-state index contributed by atoms with van der Waals surface area (Å²) in [4.78, 5) is 19.8. The summed E-state index contributed by atoms with van der Waals surface area (Å²) in [5, 5.41) is 7.80. The van der Waals surface area contributed by atoms with Crippen LogP contribution in [0.2, 0.25) is 5.02 Å². The van der Waals surface area contributed by atoms with E-state index in [4.69, 9.17) is 16.4 Å². The number of carbonyl (C=O) groups excluding carboxylic acids is 1. The second-order valence-corrected chi connectivity index (χ2v) is 6.39. The van der Waals surface area contributed by atoms with Crippen molar-refractivity contribution >= 4 is 23.2 Å². The molecule has 118 valence electrons. The fourth-order valence-electron chi connectivity index (χ4n) is 2.91. The average molecular weight is 322 g/mol. The van der Waals surface area contributed by atoms with Gasteiger partial charge in [0.2, 0.25) is 6.10 Å². The molecule has 0 radical (unpaired) electrons. The van der Waals surface area contributed by atoms with E-state index in [1.165, 1.54) is 0 Å². The molecule has 1 fully saturated rings. The highest BCUT2D eigenvalue weighted by Crippen LogP contribution is 2.19. The summed E-state index contributed by atoms with van der Waals surface area (Å²) in [7, 11) is 2.08. The zero-order valence-electron chi connectivity index (χ0n) is 12.6. The molecule has 3 rings (SSSR count). The first-order valence-corrected chi connectivity index (χ1v) is 7.97. The Labute approximate surface area is 135 Å². The number of rotatable bonds is 3. The lowest BCUT2D eigenvalue weighted by Crippen LogP contribution is -2.49. The predicted octanol–water partition coefficient (Wildman–Crippen LogP) is 2.04. The number of benzene rings is 1. The van der Waals surface area contributed by atoms with Gasteiger partial charge in [0.05, 0.1) is 5.71 Å². The Morgan fingerprint density at radius 1 is 1.41 bits per heavy atom. The lowest BCUT2D eigenvalue weighted by molar-refractivity contribution is -0.132. The van der Waals surface area contributed by atoms with Crippen molar-refractivity contribution in [3.05, 3.63) is 34.9 Å². The average Bonchev–Trinajstić information content (AvgIpc) is 2.98. The van der Waals surface area contributed by atoms with Gasteiger partial charge in [0, 0.05) is 24.0 Å². The Bertz CT molecular complexity index is 573. The molecule has 0 bridgehead atoms. The molecule has 6 heteroatoms. The zero-order valence-corrected chi connectivity index (χ0v) is 13.3. The smallest absolute Gasteiger partial charge is 0.264 e. The molecule has 2 unspecified atom stereocenters. The molecule has 1 aromatic rings. The van der Waals surface area contributed by atoms with Gasteiger partial charge in [0.25, 0.3) is 5.91 Å². The molecule has 0 saturated carbocycles. The van der Waals surface area contributed by atoms with Crippen molar-refractivity contribution in [2.45, 2.75) is 31.4 Å². The molecule has 2 aliphatic rings. The molecule has 22 heavy (non-hydrogen) atoms. The third-order valence-corrected chi connectivity index (χ3v) is 4.36. The first-order chi connectivity index (χ1) is 10.6. The Morgan fingerprint density at radius 3 is 2.91 bits per heavy atom. The fraction of sp³-hybridized carbons (Fsp3) is 0.500. The van der Waals surface area contributed by atoms with E-state index in [1.807, 2.05) is 24.3 Å². The van der Waals surface area contributed by atoms with Crippen LogP contribution in [0.25, 0.3) is 0 Å². The van der Waals surface area contributed by atoms with Gasteiger partial charge in [-0.25, -0.2) is 0 Å². The normalized spacial score (nSPS) is 25.5. The van der Waals surface area contributed by atoms with Gasteiger partial charge in [-0.15, -0.1) is 0 Å². The number of amides is 1. The van der Waals surface area contributed by atoms with E-state index in [9.17, 15) is 4.79 Å². The molecule has 2 heterocycles. The van der Waals surface area contributed by atoms with Crippen molar-refractivity contribution in [3.63, 3.8) is 0 Å². The molecular weight excluding hydrogens is 302 g/mol. The van der Waals surface area contributed by atoms with Gasteiger partial charge >= 0.3 is 0 Å². The maximum Gasteiger partial charge on any atom is 0.264 e. The van der Waals surface area contributed by atoms with Crippen molar-refractivity contribution in [1.29, 1.82) is 0 Å². The van der Waals surface area contributed by atoms with E-state index in [1.54, 1.807) is 0 Å². The second kappa shape index (κ2) is 6.67. The van der Waals surface area contributed by atoms with Crippen molar-refractivity contribution in [2.75, 3.05) is 20.1 Å². The third kappa shape index (κ3) is 3.59. The molecule has 0 aromatic heterocycles. The number of carbonyl (C=O) groups is 1. The lowest BCUT2D eigenvalue weighted by Gasteiger charge is -2.30. The van der Waals surface area contributed by atoms with E-state index in [0.717, 1.165) is 37.2 Å². The van der Waals surface area contributed by atoms with Crippen LogP contribution < -0.4 is 5.32 Å². The standard InChI is InChI=1S/C16H20ClN3O2/c1-20-8-2-3-13(10-20)18-16(21)15-9-14(19-22-15)11-4-6-12(17)7-5-11/h4-7,13,15H,2-3,8-10H2,1H3,(H,18,21). The van der Waals surface area contributed by atoms with Crippen LogP contribution in [-0.4, -0.2) is 48.8 Å². The third-order valence-electron chi connectivity index (χ3n) is 4.11. The van der Waals surface area contributed by atoms with E-state index < -0.39 is 6.10 Å². The van der Waals surface area contributed by atoms with E-state index >= 15 is 0 Å². The highest BCUT2D eigenvalue weighted by molar-refractivity contribution is 6.30. The van der Waals surface area contributed by atoms with Crippen LogP contribution in [0.3, 0.4) is 0 Å². The Balaban J connectivity index is 1.54. The van der Waals surface area contributed by atoms with Crippen molar-refractivity contribution in [3.8, 4) is 0 Å². The summed E-state index contributed by atoms with van der Waals surface area (Å²) in [5.74, 6) is -0.0759. The molecule has 2 aliphatic heterocycles. The Hall–Kier alpha value is -1.59. The largest absolute Gasteiger partial charge is 0.382 e. The van der Waals surface area contributed by atoms with Crippen LogP contribution in [0, 0.1) is 0 Å². The maximum atomic E-state index is 12.3. The van der Waals surface area contributed by atoms with E-state index in [-0.39, 0.29) is 11.9 Å². The highest BCUT2D eigenvalue weighted by atomic mass is 35.5. The summed E-state index contributed by atoms with van der Waals surface area (Å²) in [6.07, 6.45) is 2.10. The number of nitrogens with one attached hydrogen (secondary N) is 1. The summed E-state index contributed by atoms with van der Waals surface area (Å²) >= 11 is 5.88. The van der Waals surface area contributed by atoms with Crippen molar-refractivity contribution < 1.29 is 9.63 Å². The van der Waals surface area contributed by atoms with Gasteiger partial charge in [-0.2, -0.15) is 0 Å². The Morgan fingerprint density at radius 2 is 2.18 bits per heavy atom. The maximum absolute atomic E-state index is 12.3. The molecule has 2 atom stereocenters. The van der Waals surface area contributed by atoms with Gasteiger partial charge in [-0.1, -0.05) is 28.9 Å². The first-order valence-electron chi connectivity index (χ1n) is 7.59. The van der Waals surface area contributed by atoms with E-state index in [0.29, 0.717) is 11.4 Å². The molecule has 5 nitrogen and oxygen atoms in total. The number of nitrogens with zero attached hydrogens (tertiary/aromatic N) is 2. The first kappa shape index (κ1) is 15.3. The number of hydrogen-bond donors (Lipinski definition) is 1. The minimum absolute atomic E-state index is 0.0759. The van der Waals surface area contributed by atoms with Crippen molar-refractivity contribution in [1.82, 2.24) is 10.2 Å². The van der Waals surface area contributed by atoms with Crippen molar-refractivity contribution in [2.24, 2.45) is 5.16 Å². The molecule has 0 spiro atoms. The number of likely N-dealkylation sites (tertiary alicyclic amines) is 1. The molecule has 1 aromatic carbocycles. The number of oxime groups is 1. The van der Waals surface area contributed by atoms with Gasteiger partial charge in [0.1, 0.15) is 0 Å². The van der Waals surface area contributed by atoms with Crippen LogP contribution in [-0.2, 0) is 9.63 Å². The highest BCUT2D eigenvalue weighted by Gasteiger charge is 2.31.